The Hall–Kier alpha value is -2.75. The zero-order valence-electron chi connectivity index (χ0n) is 14.1. The van der Waals surface area contributed by atoms with Crippen LogP contribution < -0.4 is 10.1 Å². The number of ether oxygens (including phenoxy) is 1. The smallest absolute Gasteiger partial charge is 0.228 e. The molecule has 0 spiro atoms. The quantitative estimate of drug-likeness (QED) is 0.712. The van der Waals surface area contributed by atoms with Crippen LogP contribution in [0.15, 0.2) is 54.7 Å². The Bertz CT molecular complexity index is 861. The van der Waals surface area contributed by atoms with Gasteiger partial charge in [-0.05, 0) is 61.6 Å². The minimum absolute atomic E-state index is 0.0192. The summed E-state index contributed by atoms with van der Waals surface area (Å²) in [5.74, 6) is 0.857. The van der Waals surface area contributed by atoms with E-state index in [-0.39, 0.29) is 5.91 Å². The fraction of sp³-hybridized carbons (Fsp3) is 0.286. The molecule has 1 heterocycles. The fourth-order valence-corrected chi connectivity index (χ4v) is 3.47. The summed E-state index contributed by atoms with van der Waals surface area (Å²) in [6, 6.07) is 15.7. The Morgan fingerprint density at radius 1 is 1.08 bits per heavy atom. The van der Waals surface area contributed by atoms with Crippen molar-refractivity contribution in [3.05, 3.63) is 60.3 Å². The van der Waals surface area contributed by atoms with Crippen LogP contribution in [0.1, 0.15) is 31.2 Å². The summed E-state index contributed by atoms with van der Waals surface area (Å²) in [5.41, 5.74) is 2.86. The number of anilines is 1. The summed E-state index contributed by atoms with van der Waals surface area (Å²) in [4.78, 5) is 15.5. The molecule has 2 aromatic carbocycles. The summed E-state index contributed by atoms with van der Waals surface area (Å²) in [5, 5.41) is 4.05. The van der Waals surface area contributed by atoms with Gasteiger partial charge in [0.05, 0.1) is 12.5 Å². The first-order valence-electron chi connectivity index (χ1n) is 8.89. The van der Waals surface area contributed by atoms with E-state index in [2.05, 4.69) is 10.3 Å². The molecule has 1 amide bonds. The van der Waals surface area contributed by atoms with Crippen molar-refractivity contribution in [1.29, 1.82) is 0 Å². The number of carbonyl (C=O) groups is 1. The molecule has 0 atom stereocenters. The van der Waals surface area contributed by atoms with Crippen LogP contribution in [0.3, 0.4) is 0 Å². The number of hydrogen-bond donors (Lipinski definition) is 2. The molecular formula is C21H22N2O2. The largest absolute Gasteiger partial charge is 0.490 e. The summed E-state index contributed by atoms with van der Waals surface area (Å²) in [6.45, 7) is 0. The molecule has 25 heavy (non-hydrogen) atoms. The van der Waals surface area contributed by atoms with E-state index in [1.807, 2.05) is 54.7 Å². The predicted molar refractivity (Wildman–Crippen MR) is 100.0 cm³/mol. The average Bonchev–Trinajstić information content (AvgIpc) is 3.27. The molecule has 128 valence electrons. The van der Waals surface area contributed by atoms with Gasteiger partial charge >= 0.3 is 0 Å². The van der Waals surface area contributed by atoms with Gasteiger partial charge in [-0.15, -0.1) is 0 Å². The van der Waals surface area contributed by atoms with Crippen molar-refractivity contribution in [1.82, 2.24) is 4.98 Å². The average molecular weight is 334 g/mol. The highest BCUT2D eigenvalue weighted by atomic mass is 16.5. The summed E-state index contributed by atoms with van der Waals surface area (Å²) in [7, 11) is 0. The zero-order valence-corrected chi connectivity index (χ0v) is 14.1. The topological polar surface area (TPSA) is 54.1 Å². The Balaban J connectivity index is 1.37. The van der Waals surface area contributed by atoms with Crippen LogP contribution in [-0.2, 0) is 11.2 Å². The minimum Gasteiger partial charge on any atom is -0.490 e. The molecule has 1 fully saturated rings. The van der Waals surface area contributed by atoms with Crippen molar-refractivity contribution in [3.8, 4) is 5.75 Å². The van der Waals surface area contributed by atoms with Crippen molar-refractivity contribution in [2.75, 3.05) is 5.32 Å². The van der Waals surface area contributed by atoms with Crippen LogP contribution in [0.5, 0.6) is 5.75 Å². The molecule has 1 aliphatic rings. The number of H-pyrrole nitrogens is 1. The monoisotopic (exact) mass is 334 g/mol. The highest BCUT2D eigenvalue weighted by Crippen LogP contribution is 2.25. The SMILES string of the molecule is O=C(Cc1c[nH]c2ccccc12)Nc1ccc(OC2CCCC2)cc1. The van der Waals surface area contributed by atoms with Gasteiger partial charge in [0.25, 0.3) is 0 Å². The number of carbonyl (C=O) groups excluding carboxylic acids is 1. The first-order valence-corrected chi connectivity index (χ1v) is 8.89. The van der Waals surface area contributed by atoms with Gasteiger partial charge in [0.15, 0.2) is 0 Å². The Morgan fingerprint density at radius 3 is 2.64 bits per heavy atom. The van der Waals surface area contributed by atoms with Crippen molar-refractivity contribution in [2.45, 2.75) is 38.2 Å². The zero-order chi connectivity index (χ0) is 17.1. The molecule has 1 aromatic heterocycles. The summed E-state index contributed by atoms with van der Waals surface area (Å²) >= 11 is 0. The maximum absolute atomic E-state index is 12.3. The van der Waals surface area contributed by atoms with Gasteiger partial charge in [-0.3, -0.25) is 4.79 Å². The molecule has 0 saturated heterocycles. The van der Waals surface area contributed by atoms with Gasteiger partial charge in [-0.1, -0.05) is 18.2 Å². The Morgan fingerprint density at radius 2 is 1.84 bits per heavy atom. The van der Waals surface area contributed by atoms with Gasteiger partial charge in [-0.25, -0.2) is 0 Å². The van der Waals surface area contributed by atoms with E-state index in [1.54, 1.807) is 0 Å². The molecule has 2 N–H and O–H groups in total. The summed E-state index contributed by atoms with van der Waals surface area (Å²) < 4.78 is 5.95. The predicted octanol–water partition coefficient (Wildman–Crippen LogP) is 4.67. The number of rotatable bonds is 5. The number of aromatic amines is 1. The maximum atomic E-state index is 12.3. The van der Waals surface area contributed by atoms with Gasteiger partial charge in [0.1, 0.15) is 5.75 Å². The molecule has 4 nitrogen and oxygen atoms in total. The lowest BCUT2D eigenvalue weighted by Gasteiger charge is -2.13. The number of fused-ring (bicyclic) bond motifs is 1. The van der Waals surface area contributed by atoms with Crippen molar-refractivity contribution in [3.63, 3.8) is 0 Å². The number of para-hydroxylation sites is 1. The number of nitrogens with one attached hydrogen (secondary N) is 2. The highest BCUT2D eigenvalue weighted by molar-refractivity contribution is 5.95. The van der Waals surface area contributed by atoms with E-state index >= 15 is 0 Å². The minimum atomic E-state index is -0.0192. The van der Waals surface area contributed by atoms with E-state index in [9.17, 15) is 4.79 Å². The molecule has 4 rings (SSSR count). The Labute approximate surface area is 147 Å². The van der Waals surface area contributed by atoms with Crippen molar-refractivity contribution < 1.29 is 9.53 Å². The van der Waals surface area contributed by atoms with Crippen LogP contribution >= 0.6 is 0 Å². The van der Waals surface area contributed by atoms with Crippen LogP contribution in [0, 0.1) is 0 Å². The van der Waals surface area contributed by atoms with E-state index < -0.39 is 0 Å². The van der Waals surface area contributed by atoms with Gasteiger partial charge in [0, 0.05) is 22.8 Å². The number of amides is 1. The lowest BCUT2D eigenvalue weighted by atomic mass is 10.1. The first-order chi connectivity index (χ1) is 12.3. The molecule has 1 aliphatic carbocycles. The van der Waals surface area contributed by atoms with Crippen LogP contribution in [0.25, 0.3) is 10.9 Å². The van der Waals surface area contributed by atoms with Crippen LogP contribution in [-0.4, -0.2) is 17.0 Å². The van der Waals surface area contributed by atoms with E-state index in [1.165, 1.54) is 12.8 Å². The highest BCUT2D eigenvalue weighted by Gasteiger charge is 2.16. The number of hydrogen-bond acceptors (Lipinski definition) is 2. The van der Waals surface area contributed by atoms with E-state index in [0.717, 1.165) is 40.7 Å². The summed E-state index contributed by atoms with van der Waals surface area (Å²) in [6.07, 6.45) is 7.40. The second kappa shape index (κ2) is 7.01. The number of benzene rings is 2. The second-order valence-electron chi connectivity index (χ2n) is 6.63. The molecule has 0 unspecified atom stereocenters. The van der Waals surface area contributed by atoms with Crippen molar-refractivity contribution in [2.24, 2.45) is 0 Å². The number of aromatic nitrogens is 1. The van der Waals surface area contributed by atoms with E-state index in [0.29, 0.717) is 12.5 Å². The van der Waals surface area contributed by atoms with Gasteiger partial charge < -0.3 is 15.0 Å². The van der Waals surface area contributed by atoms with Crippen LogP contribution in [0.4, 0.5) is 5.69 Å². The van der Waals surface area contributed by atoms with Crippen molar-refractivity contribution >= 4 is 22.5 Å². The van der Waals surface area contributed by atoms with Gasteiger partial charge in [-0.2, -0.15) is 0 Å². The third-order valence-electron chi connectivity index (χ3n) is 4.77. The first kappa shape index (κ1) is 15.8. The van der Waals surface area contributed by atoms with E-state index in [4.69, 9.17) is 4.74 Å². The molecule has 0 radical (unpaired) electrons. The molecule has 4 heteroatoms. The van der Waals surface area contributed by atoms with Gasteiger partial charge in [0.2, 0.25) is 5.91 Å². The molecule has 0 bridgehead atoms. The fourth-order valence-electron chi connectivity index (χ4n) is 3.47. The lowest BCUT2D eigenvalue weighted by molar-refractivity contribution is -0.115. The molecule has 0 aliphatic heterocycles. The molecular weight excluding hydrogens is 312 g/mol. The second-order valence-corrected chi connectivity index (χ2v) is 6.63. The normalized spacial score (nSPS) is 14.7. The van der Waals surface area contributed by atoms with Crippen LogP contribution in [0.2, 0.25) is 0 Å². The third kappa shape index (κ3) is 3.68. The lowest BCUT2D eigenvalue weighted by Crippen LogP contribution is -2.14. The molecule has 1 saturated carbocycles. The maximum Gasteiger partial charge on any atom is 0.228 e. The Kier molecular flexibility index (Phi) is 4.42. The standard InChI is InChI=1S/C21H22N2O2/c24-21(13-15-14-22-20-8-4-3-7-19(15)20)23-16-9-11-18(12-10-16)25-17-5-1-2-6-17/h3-4,7-12,14,17,22H,1-2,5-6,13H2,(H,23,24). The third-order valence-corrected chi connectivity index (χ3v) is 4.77. The molecule has 3 aromatic rings.